The number of hydrogen-bond donors (Lipinski definition) is 2. The summed E-state index contributed by atoms with van der Waals surface area (Å²) in [7, 11) is 3.14. The van der Waals surface area contributed by atoms with Crippen molar-refractivity contribution in [2.75, 3.05) is 26.1 Å². The minimum Gasteiger partial charge on any atom is -0.493 e. The number of aryl methyl sites for hydroxylation is 1. The van der Waals surface area contributed by atoms with Crippen molar-refractivity contribution >= 4 is 11.6 Å². The molecular weight excluding hydrogens is 232 g/mol. The highest BCUT2D eigenvalue weighted by Gasteiger charge is 2.10. The third kappa shape index (κ3) is 3.63. The topological polar surface area (TPSA) is 73.6 Å². The average molecular weight is 252 g/mol. The maximum Gasteiger partial charge on any atom is 0.224 e. The number of anilines is 1. The summed E-state index contributed by atoms with van der Waals surface area (Å²) in [6.45, 7) is 2.42. The van der Waals surface area contributed by atoms with Crippen molar-refractivity contribution in [3.63, 3.8) is 0 Å². The van der Waals surface area contributed by atoms with E-state index in [1.807, 2.05) is 13.0 Å². The van der Waals surface area contributed by atoms with Gasteiger partial charge in [-0.05, 0) is 31.5 Å². The Morgan fingerprint density at radius 2 is 1.89 bits per heavy atom. The summed E-state index contributed by atoms with van der Waals surface area (Å²) in [4.78, 5) is 11.6. The lowest BCUT2D eigenvalue weighted by molar-refractivity contribution is -0.116. The van der Waals surface area contributed by atoms with Crippen LogP contribution in [0.2, 0.25) is 0 Å². The summed E-state index contributed by atoms with van der Waals surface area (Å²) in [5.74, 6) is 1.20. The molecule has 0 aliphatic rings. The molecule has 0 spiro atoms. The molecule has 0 fully saturated rings. The van der Waals surface area contributed by atoms with E-state index in [9.17, 15) is 4.79 Å². The van der Waals surface area contributed by atoms with E-state index in [0.717, 1.165) is 11.3 Å². The van der Waals surface area contributed by atoms with Gasteiger partial charge in [0, 0.05) is 18.2 Å². The van der Waals surface area contributed by atoms with E-state index >= 15 is 0 Å². The second-order valence-corrected chi connectivity index (χ2v) is 3.96. The van der Waals surface area contributed by atoms with Crippen molar-refractivity contribution in [3.05, 3.63) is 17.7 Å². The van der Waals surface area contributed by atoms with Crippen LogP contribution in [0.4, 0.5) is 5.69 Å². The molecule has 1 aromatic carbocycles. The molecule has 0 saturated carbocycles. The van der Waals surface area contributed by atoms with Crippen LogP contribution in [0.25, 0.3) is 0 Å². The Labute approximate surface area is 107 Å². The van der Waals surface area contributed by atoms with Crippen LogP contribution >= 0.6 is 0 Å². The molecule has 0 unspecified atom stereocenters. The molecule has 3 N–H and O–H groups in total. The van der Waals surface area contributed by atoms with E-state index < -0.39 is 0 Å². The molecule has 1 aromatic rings. The Hall–Kier alpha value is -1.75. The standard InChI is InChI=1S/C13H20N2O3/c1-9-7-11(17-2)12(18-3)8-10(9)15-13(16)5-4-6-14/h7-8H,4-6,14H2,1-3H3,(H,15,16). The first kappa shape index (κ1) is 14.3. The van der Waals surface area contributed by atoms with Crippen LogP contribution in [0.3, 0.4) is 0 Å². The molecular formula is C13H20N2O3. The van der Waals surface area contributed by atoms with Crippen LogP contribution in [0.15, 0.2) is 12.1 Å². The highest BCUT2D eigenvalue weighted by Crippen LogP contribution is 2.32. The van der Waals surface area contributed by atoms with E-state index in [1.165, 1.54) is 0 Å². The number of methoxy groups -OCH3 is 2. The van der Waals surface area contributed by atoms with Crippen LogP contribution in [0.5, 0.6) is 11.5 Å². The lowest BCUT2D eigenvalue weighted by atomic mass is 10.1. The van der Waals surface area contributed by atoms with Crippen molar-refractivity contribution in [3.8, 4) is 11.5 Å². The molecule has 1 amide bonds. The van der Waals surface area contributed by atoms with Crippen LogP contribution < -0.4 is 20.5 Å². The van der Waals surface area contributed by atoms with Crippen LogP contribution in [-0.4, -0.2) is 26.7 Å². The maximum absolute atomic E-state index is 11.6. The Morgan fingerprint density at radius 3 is 2.44 bits per heavy atom. The molecule has 0 atom stereocenters. The molecule has 100 valence electrons. The second-order valence-electron chi connectivity index (χ2n) is 3.96. The SMILES string of the molecule is COc1cc(C)c(NC(=O)CCCN)cc1OC. The van der Waals surface area contributed by atoms with Crippen molar-refractivity contribution in [1.29, 1.82) is 0 Å². The van der Waals surface area contributed by atoms with Gasteiger partial charge in [-0.3, -0.25) is 4.79 Å². The van der Waals surface area contributed by atoms with Crippen molar-refractivity contribution < 1.29 is 14.3 Å². The predicted octanol–water partition coefficient (Wildman–Crippen LogP) is 1.69. The fraction of sp³-hybridized carbons (Fsp3) is 0.462. The van der Waals surface area contributed by atoms with Gasteiger partial charge in [0.15, 0.2) is 11.5 Å². The number of nitrogens with one attached hydrogen (secondary N) is 1. The molecule has 5 heteroatoms. The Kier molecular flexibility index (Phi) is 5.45. The molecule has 0 aromatic heterocycles. The van der Waals surface area contributed by atoms with Gasteiger partial charge in [0.2, 0.25) is 5.91 Å². The van der Waals surface area contributed by atoms with Gasteiger partial charge in [0.05, 0.1) is 14.2 Å². The zero-order valence-corrected chi connectivity index (χ0v) is 11.1. The monoisotopic (exact) mass is 252 g/mol. The molecule has 0 aliphatic heterocycles. The Balaban J connectivity index is 2.85. The summed E-state index contributed by atoms with van der Waals surface area (Å²) < 4.78 is 10.4. The first-order chi connectivity index (χ1) is 8.62. The Morgan fingerprint density at radius 1 is 1.28 bits per heavy atom. The maximum atomic E-state index is 11.6. The summed E-state index contributed by atoms with van der Waals surface area (Å²) in [6, 6.07) is 3.59. The number of rotatable bonds is 6. The van der Waals surface area contributed by atoms with Gasteiger partial charge in [0.1, 0.15) is 0 Å². The predicted molar refractivity (Wildman–Crippen MR) is 71.2 cm³/mol. The van der Waals surface area contributed by atoms with Gasteiger partial charge < -0.3 is 20.5 Å². The highest BCUT2D eigenvalue weighted by molar-refractivity contribution is 5.91. The zero-order valence-electron chi connectivity index (χ0n) is 11.1. The van der Waals surface area contributed by atoms with Gasteiger partial charge in [0.25, 0.3) is 0 Å². The summed E-state index contributed by atoms with van der Waals surface area (Å²) in [6.07, 6.45) is 1.10. The van der Waals surface area contributed by atoms with Crippen LogP contribution in [-0.2, 0) is 4.79 Å². The van der Waals surface area contributed by atoms with Crippen molar-refractivity contribution in [1.82, 2.24) is 0 Å². The second kappa shape index (κ2) is 6.86. The first-order valence-electron chi connectivity index (χ1n) is 5.85. The number of hydrogen-bond acceptors (Lipinski definition) is 4. The number of ether oxygens (including phenoxy) is 2. The van der Waals surface area contributed by atoms with Gasteiger partial charge in [-0.25, -0.2) is 0 Å². The summed E-state index contributed by atoms with van der Waals surface area (Å²) >= 11 is 0. The molecule has 0 heterocycles. The highest BCUT2D eigenvalue weighted by atomic mass is 16.5. The molecule has 1 rings (SSSR count). The van der Waals surface area contributed by atoms with Gasteiger partial charge >= 0.3 is 0 Å². The van der Waals surface area contributed by atoms with E-state index in [2.05, 4.69) is 5.32 Å². The average Bonchev–Trinajstić information content (AvgIpc) is 2.38. The first-order valence-corrected chi connectivity index (χ1v) is 5.85. The third-order valence-corrected chi connectivity index (χ3v) is 2.61. The number of amides is 1. The minimum absolute atomic E-state index is 0.0456. The number of benzene rings is 1. The van der Waals surface area contributed by atoms with Crippen LogP contribution in [0, 0.1) is 6.92 Å². The van der Waals surface area contributed by atoms with Crippen LogP contribution in [0.1, 0.15) is 18.4 Å². The van der Waals surface area contributed by atoms with Crippen molar-refractivity contribution in [2.24, 2.45) is 5.73 Å². The summed E-state index contributed by atoms with van der Waals surface area (Å²) in [5, 5.41) is 2.84. The zero-order chi connectivity index (χ0) is 13.5. The normalized spacial score (nSPS) is 10.0. The number of carbonyl (C=O) groups is 1. The van der Waals surface area contributed by atoms with E-state index in [4.69, 9.17) is 15.2 Å². The molecule has 0 radical (unpaired) electrons. The van der Waals surface area contributed by atoms with Crippen molar-refractivity contribution in [2.45, 2.75) is 19.8 Å². The molecule has 18 heavy (non-hydrogen) atoms. The summed E-state index contributed by atoms with van der Waals surface area (Å²) in [5.41, 5.74) is 7.02. The number of carbonyl (C=O) groups excluding carboxylic acids is 1. The number of nitrogens with two attached hydrogens (primary N) is 1. The van der Waals surface area contributed by atoms with E-state index in [-0.39, 0.29) is 5.91 Å². The van der Waals surface area contributed by atoms with E-state index in [0.29, 0.717) is 30.9 Å². The molecule has 0 bridgehead atoms. The molecule has 5 nitrogen and oxygen atoms in total. The van der Waals surface area contributed by atoms with Gasteiger partial charge in [-0.2, -0.15) is 0 Å². The lowest BCUT2D eigenvalue weighted by Gasteiger charge is -2.13. The van der Waals surface area contributed by atoms with E-state index in [1.54, 1.807) is 20.3 Å². The largest absolute Gasteiger partial charge is 0.493 e. The Bertz CT molecular complexity index is 419. The minimum atomic E-state index is -0.0456. The lowest BCUT2D eigenvalue weighted by Crippen LogP contribution is -2.14. The van der Waals surface area contributed by atoms with Gasteiger partial charge in [-0.15, -0.1) is 0 Å². The fourth-order valence-electron chi connectivity index (χ4n) is 1.59. The quantitative estimate of drug-likeness (QED) is 0.808. The van der Waals surface area contributed by atoms with Gasteiger partial charge in [-0.1, -0.05) is 0 Å². The molecule has 0 saturated heterocycles. The fourth-order valence-corrected chi connectivity index (χ4v) is 1.59. The smallest absolute Gasteiger partial charge is 0.224 e. The third-order valence-electron chi connectivity index (χ3n) is 2.61. The molecule has 0 aliphatic carbocycles.